The zero-order valence-corrected chi connectivity index (χ0v) is 11.1. The van der Waals surface area contributed by atoms with Gasteiger partial charge in [-0.05, 0) is 41.0 Å². The second-order valence-corrected chi connectivity index (χ2v) is 5.10. The van der Waals surface area contributed by atoms with Gasteiger partial charge in [-0.15, -0.1) is 12.6 Å². The lowest BCUT2D eigenvalue weighted by Gasteiger charge is -2.08. The Morgan fingerprint density at radius 3 is 2.50 bits per heavy atom. The van der Waals surface area contributed by atoms with E-state index in [0.29, 0.717) is 0 Å². The summed E-state index contributed by atoms with van der Waals surface area (Å²) in [6.07, 6.45) is 0. The zero-order chi connectivity index (χ0) is 12.5. The van der Waals surface area contributed by atoms with E-state index < -0.39 is 0 Å². The molecule has 0 radical (unpaired) electrons. The molecule has 0 atom stereocenters. The van der Waals surface area contributed by atoms with Crippen LogP contribution in [0.25, 0.3) is 21.9 Å². The van der Waals surface area contributed by atoms with Gasteiger partial charge in [0.1, 0.15) is 0 Å². The standard InChI is InChI=1S/C17H14S/c1-12-8-9-17-13(10-12)5-3-7-16(17)14-4-2-6-15(18)11-14/h2-11,18H,1H3. The molecule has 18 heavy (non-hydrogen) atoms. The van der Waals surface area contributed by atoms with E-state index in [1.54, 1.807) is 0 Å². The normalized spacial score (nSPS) is 10.8. The predicted molar refractivity (Wildman–Crippen MR) is 81.4 cm³/mol. The van der Waals surface area contributed by atoms with Crippen LogP contribution in [0.5, 0.6) is 0 Å². The van der Waals surface area contributed by atoms with E-state index in [4.69, 9.17) is 0 Å². The summed E-state index contributed by atoms with van der Waals surface area (Å²) in [6, 6.07) is 21.3. The Bertz CT molecular complexity index is 714. The van der Waals surface area contributed by atoms with Crippen molar-refractivity contribution in [1.82, 2.24) is 0 Å². The van der Waals surface area contributed by atoms with Crippen LogP contribution in [0, 0.1) is 6.92 Å². The Kier molecular flexibility index (Phi) is 2.85. The molecule has 3 aromatic carbocycles. The van der Waals surface area contributed by atoms with E-state index in [9.17, 15) is 0 Å². The fraction of sp³-hybridized carbons (Fsp3) is 0.0588. The number of hydrogen-bond acceptors (Lipinski definition) is 1. The minimum absolute atomic E-state index is 0.997. The minimum atomic E-state index is 0.997. The number of thiol groups is 1. The molecule has 0 heterocycles. The van der Waals surface area contributed by atoms with Gasteiger partial charge in [0, 0.05) is 4.90 Å². The third-order valence-corrected chi connectivity index (χ3v) is 3.47. The summed E-state index contributed by atoms with van der Waals surface area (Å²) in [4.78, 5) is 0.997. The van der Waals surface area contributed by atoms with Crippen molar-refractivity contribution >= 4 is 23.4 Å². The molecule has 0 saturated heterocycles. The van der Waals surface area contributed by atoms with Gasteiger partial charge in [-0.1, -0.05) is 54.1 Å². The van der Waals surface area contributed by atoms with Crippen LogP contribution in [-0.4, -0.2) is 0 Å². The first-order valence-electron chi connectivity index (χ1n) is 6.03. The van der Waals surface area contributed by atoms with E-state index in [1.165, 1.54) is 27.5 Å². The number of rotatable bonds is 1. The maximum absolute atomic E-state index is 4.41. The number of aryl methyl sites for hydroxylation is 1. The van der Waals surface area contributed by atoms with Gasteiger partial charge in [-0.25, -0.2) is 0 Å². The smallest absolute Gasteiger partial charge is 0.00461 e. The summed E-state index contributed by atoms with van der Waals surface area (Å²) < 4.78 is 0. The molecule has 0 aliphatic carbocycles. The molecule has 3 rings (SSSR count). The molecule has 0 N–H and O–H groups in total. The molecule has 0 amide bonds. The zero-order valence-electron chi connectivity index (χ0n) is 10.2. The van der Waals surface area contributed by atoms with Gasteiger partial charge in [0.15, 0.2) is 0 Å². The lowest BCUT2D eigenvalue weighted by Crippen LogP contribution is -1.82. The highest BCUT2D eigenvalue weighted by atomic mass is 32.1. The summed E-state index contributed by atoms with van der Waals surface area (Å²) in [7, 11) is 0. The Morgan fingerprint density at radius 2 is 1.67 bits per heavy atom. The van der Waals surface area contributed by atoms with Crippen LogP contribution in [0.3, 0.4) is 0 Å². The molecule has 3 aromatic rings. The minimum Gasteiger partial charge on any atom is -0.143 e. The topological polar surface area (TPSA) is 0 Å². The summed E-state index contributed by atoms with van der Waals surface area (Å²) in [6.45, 7) is 2.13. The van der Waals surface area contributed by atoms with Crippen molar-refractivity contribution in [3.05, 3.63) is 66.2 Å². The molecule has 0 aliphatic heterocycles. The summed E-state index contributed by atoms with van der Waals surface area (Å²) in [5.74, 6) is 0. The first-order chi connectivity index (χ1) is 8.74. The molecule has 88 valence electrons. The van der Waals surface area contributed by atoms with Crippen molar-refractivity contribution in [2.75, 3.05) is 0 Å². The summed E-state index contributed by atoms with van der Waals surface area (Å²) in [5.41, 5.74) is 3.78. The molecule has 0 bridgehead atoms. The molecule has 1 heteroatoms. The van der Waals surface area contributed by atoms with Crippen molar-refractivity contribution in [2.24, 2.45) is 0 Å². The number of hydrogen-bond donors (Lipinski definition) is 1. The quantitative estimate of drug-likeness (QED) is 0.570. The Morgan fingerprint density at radius 1 is 0.833 bits per heavy atom. The van der Waals surface area contributed by atoms with Crippen LogP contribution in [0.15, 0.2) is 65.6 Å². The van der Waals surface area contributed by atoms with Crippen molar-refractivity contribution in [3.63, 3.8) is 0 Å². The lowest BCUT2D eigenvalue weighted by atomic mass is 9.97. The third-order valence-electron chi connectivity index (χ3n) is 3.19. The Labute approximate surface area is 113 Å². The van der Waals surface area contributed by atoms with Gasteiger partial charge in [-0.2, -0.15) is 0 Å². The maximum atomic E-state index is 4.41. The van der Waals surface area contributed by atoms with Gasteiger partial charge < -0.3 is 0 Å². The molecule has 0 aliphatic rings. The lowest BCUT2D eigenvalue weighted by molar-refractivity contribution is 1.47. The largest absolute Gasteiger partial charge is 0.143 e. The van der Waals surface area contributed by atoms with Gasteiger partial charge in [0.05, 0.1) is 0 Å². The van der Waals surface area contributed by atoms with Crippen LogP contribution in [0.4, 0.5) is 0 Å². The summed E-state index contributed by atoms with van der Waals surface area (Å²) >= 11 is 4.41. The average Bonchev–Trinajstić information content (AvgIpc) is 2.37. The van der Waals surface area contributed by atoms with Gasteiger partial charge in [0.2, 0.25) is 0 Å². The fourth-order valence-corrected chi connectivity index (χ4v) is 2.55. The third kappa shape index (κ3) is 2.02. The molecule has 0 spiro atoms. The second-order valence-electron chi connectivity index (χ2n) is 4.58. The highest BCUT2D eigenvalue weighted by molar-refractivity contribution is 7.80. The maximum Gasteiger partial charge on any atom is 0.00461 e. The van der Waals surface area contributed by atoms with Crippen LogP contribution in [0.2, 0.25) is 0 Å². The highest BCUT2D eigenvalue weighted by Gasteiger charge is 2.03. The molecule has 0 fully saturated rings. The van der Waals surface area contributed by atoms with Crippen molar-refractivity contribution in [2.45, 2.75) is 11.8 Å². The first-order valence-corrected chi connectivity index (χ1v) is 6.47. The predicted octanol–water partition coefficient (Wildman–Crippen LogP) is 5.10. The van der Waals surface area contributed by atoms with E-state index in [1.807, 2.05) is 12.1 Å². The van der Waals surface area contributed by atoms with Gasteiger partial charge >= 0.3 is 0 Å². The molecule has 0 unspecified atom stereocenters. The highest BCUT2D eigenvalue weighted by Crippen LogP contribution is 2.30. The number of benzene rings is 3. The Hall–Kier alpha value is -1.73. The SMILES string of the molecule is Cc1ccc2c(-c3cccc(S)c3)cccc2c1. The second kappa shape index (κ2) is 4.51. The van der Waals surface area contributed by atoms with Crippen molar-refractivity contribution < 1.29 is 0 Å². The first kappa shape index (κ1) is 11.4. The fourth-order valence-electron chi connectivity index (χ4n) is 2.33. The van der Waals surface area contributed by atoms with Crippen molar-refractivity contribution in [1.29, 1.82) is 0 Å². The van der Waals surface area contributed by atoms with E-state index in [0.717, 1.165) is 4.90 Å². The van der Waals surface area contributed by atoms with E-state index in [2.05, 4.69) is 68.1 Å². The van der Waals surface area contributed by atoms with Crippen LogP contribution >= 0.6 is 12.6 Å². The number of fused-ring (bicyclic) bond motifs is 1. The van der Waals surface area contributed by atoms with Crippen LogP contribution in [0.1, 0.15) is 5.56 Å². The van der Waals surface area contributed by atoms with Crippen LogP contribution in [-0.2, 0) is 0 Å². The molecule has 0 nitrogen and oxygen atoms in total. The molecule has 0 aromatic heterocycles. The Balaban J connectivity index is 2.29. The average molecular weight is 250 g/mol. The van der Waals surface area contributed by atoms with Crippen molar-refractivity contribution in [3.8, 4) is 11.1 Å². The molecular weight excluding hydrogens is 236 g/mol. The van der Waals surface area contributed by atoms with Gasteiger partial charge in [0.25, 0.3) is 0 Å². The monoisotopic (exact) mass is 250 g/mol. The molecular formula is C17H14S. The van der Waals surface area contributed by atoms with Gasteiger partial charge in [-0.3, -0.25) is 0 Å². The van der Waals surface area contributed by atoms with E-state index in [-0.39, 0.29) is 0 Å². The summed E-state index contributed by atoms with van der Waals surface area (Å²) in [5, 5.41) is 2.58. The molecule has 0 saturated carbocycles. The van der Waals surface area contributed by atoms with Crippen LogP contribution < -0.4 is 0 Å². The van der Waals surface area contributed by atoms with E-state index >= 15 is 0 Å².